The van der Waals surface area contributed by atoms with Crippen LogP contribution in [0.2, 0.25) is 0 Å². The van der Waals surface area contributed by atoms with Gasteiger partial charge in [-0.2, -0.15) is 5.10 Å². The highest BCUT2D eigenvalue weighted by molar-refractivity contribution is 5.95. The molecule has 3 rings (SSSR count). The largest absolute Gasteiger partial charge is 0.354 e. The topological polar surface area (TPSA) is 51.9 Å². The van der Waals surface area contributed by atoms with Crippen molar-refractivity contribution >= 4 is 5.91 Å². The van der Waals surface area contributed by atoms with Crippen molar-refractivity contribution in [3.05, 3.63) is 71.8 Å². The van der Waals surface area contributed by atoms with Crippen LogP contribution in [-0.4, -0.2) is 20.3 Å². The van der Waals surface area contributed by atoms with Gasteiger partial charge in [-0.3, -0.25) is 4.79 Å². The van der Waals surface area contributed by atoms with Gasteiger partial charge in [0, 0.05) is 31.3 Å². The van der Waals surface area contributed by atoms with Crippen molar-refractivity contribution in [1.29, 1.82) is 0 Å². The van der Waals surface area contributed by atoms with E-state index < -0.39 is 0 Å². The number of hydrogen-bond donors (Lipinski definition) is 1. The Bertz CT molecular complexity index is 817. The average Bonchev–Trinajstić information content (AvgIpc) is 3.18. The van der Waals surface area contributed by atoms with Crippen LogP contribution in [0.15, 0.2) is 55.0 Å². The lowest BCUT2D eigenvalue weighted by Gasteiger charge is -2.18. The van der Waals surface area contributed by atoms with Gasteiger partial charge in [0.1, 0.15) is 0 Å². The number of nitrogens with zero attached hydrogens (tertiary/aromatic N) is 3. The molecule has 2 aromatic heterocycles. The SMILES string of the molecule is Cc1c(C(=O)NC(C)c2ccccc2-n2cccn2)ccn1C. The van der Waals surface area contributed by atoms with E-state index in [1.54, 1.807) is 6.20 Å². The van der Waals surface area contributed by atoms with E-state index in [4.69, 9.17) is 0 Å². The van der Waals surface area contributed by atoms with Crippen molar-refractivity contribution in [3.63, 3.8) is 0 Å². The molecule has 5 nitrogen and oxygen atoms in total. The molecule has 5 heteroatoms. The second kappa shape index (κ2) is 6.12. The van der Waals surface area contributed by atoms with Gasteiger partial charge in [0.15, 0.2) is 0 Å². The number of carbonyl (C=O) groups excluding carboxylic acids is 1. The molecule has 0 saturated heterocycles. The van der Waals surface area contributed by atoms with Crippen molar-refractivity contribution in [3.8, 4) is 5.69 Å². The first-order valence-electron chi connectivity index (χ1n) is 7.59. The molecule has 0 saturated carbocycles. The van der Waals surface area contributed by atoms with Crippen molar-refractivity contribution in [2.75, 3.05) is 0 Å². The fraction of sp³-hybridized carbons (Fsp3) is 0.222. The summed E-state index contributed by atoms with van der Waals surface area (Å²) >= 11 is 0. The Morgan fingerprint density at radius 2 is 1.96 bits per heavy atom. The van der Waals surface area contributed by atoms with E-state index in [0.717, 1.165) is 16.9 Å². The van der Waals surface area contributed by atoms with Gasteiger partial charge in [0.05, 0.1) is 17.3 Å². The third-order valence-electron chi connectivity index (χ3n) is 4.13. The van der Waals surface area contributed by atoms with Crippen molar-refractivity contribution < 1.29 is 4.79 Å². The second-order valence-electron chi connectivity index (χ2n) is 5.63. The fourth-order valence-corrected chi connectivity index (χ4v) is 2.67. The summed E-state index contributed by atoms with van der Waals surface area (Å²) < 4.78 is 3.75. The smallest absolute Gasteiger partial charge is 0.253 e. The third kappa shape index (κ3) is 2.90. The summed E-state index contributed by atoms with van der Waals surface area (Å²) in [6.07, 6.45) is 5.54. The number of aryl methyl sites for hydroxylation is 1. The van der Waals surface area contributed by atoms with Crippen LogP contribution in [-0.2, 0) is 7.05 Å². The second-order valence-corrected chi connectivity index (χ2v) is 5.63. The summed E-state index contributed by atoms with van der Waals surface area (Å²) in [5.74, 6) is -0.0640. The Balaban J connectivity index is 1.86. The molecule has 0 radical (unpaired) electrons. The maximum Gasteiger partial charge on any atom is 0.253 e. The molecule has 1 N–H and O–H groups in total. The van der Waals surface area contributed by atoms with Crippen molar-refractivity contribution in [1.82, 2.24) is 19.7 Å². The molecule has 0 fully saturated rings. The zero-order valence-electron chi connectivity index (χ0n) is 13.5. The summed E-state index contributed by atoms with van der Waals surface area (Å²) in [6, 6.07) is 11.6. The Morgan fingerprint density at radius 3 is 2.61 bits per heavy atom. The minimum Gasteiger partial charge on any atom is -0.354 e. The van der Waals surface area contributed by atoms with Crippen molar-refractivity contribution in [2.45, 2.75) is 19.9 Å². The predicted octanol–water partition coefficient (Wildman–Crippen LogP) is 3.01. The molecule has 0 aliphatic heterocycles. The van der Waals surface area contributed by atoms with E-state index >= 15 is 0 Å². The molecule has 0 aliphatic rings. The van der Waals surface area contributed by atoms with Crippen LogP contribution < -0.4 is 5.32 Å². The molecule has 0 spiro atoms. The number of carbonyl (C=O) groups is 1. The Hall–Kier alpha value is -2.82. The molecule has 3 aromatic rings. The maximum absolute atomic E-state index is 12.5. The van der Waals surface area contributed by atoms with Crippen LogP contribution in [0.5, 0.6) is 0 Å². The lowest BCUT2D eigenvalue weighted by Crippen LogP contribution is -2.27. The Kier molecular flexibility index (Phi) is 4.02. The van der Waals surface area contributed by atoms with Gasteiger partial charge in [-0.1, -0.05) is 18.2 Å². The molecule has 0 aliphatic carbocycles. The molecular formula is C18H20N4O. The van der Waals surface area contributed by atoms with Crippen LogP contribution in [0.25, 0.3) is 5.69 Å². The summed E-state index contributed by atoms with van der Waals surface area (Å²) in [4.78, 5) is 12.5. The molecule has 1 unspecified atom stereocenters. The zero-order valence-corrected chi connectivity index (χ0v) is 13.5. The highest BCUT2D eigenvalue weighted by atomic mass is 16.1. The Morgan fingerprint density at radius 1 is 1.17 bits per heavy atom. The number of nitrogens with one attached hydrogen (secondary N) is 1. The number of benzene rings is 1. The van der Waals surface area contributed by atoms with Crippen LogP contribution in [0, 0.1) is 6.92 Å². The van der Waals surface area contributed by atoms with Gasteiger partial charge in [-0.25, -0.2) is 4.68 Å². The normalized spacial score (nSPS) is 12.1. The molecule has 0 bridgehead atoms. The van der Waals surface area contributed by atoms with Crippen LogP contribution >= 0.6 is 0 Å². The first kappa shape index (κ1) is 15.1. The first-order valence-corrected chi connectivity index (χ1v) is 7.59. The highest BCUT2D eigenvalue weighted by Crippen LogP contribution is 2.21. The minimum atomic E-state index is -0.123. The van der Waals surface area contributed by atoms with Gasteiger partial charge in [0.2, 0.25) is 0 Å². The van der Waals surface area contributed by atoms with E-state index in [9.17, 15) is 4.79 Å². The number of rotatable bonds is 4. The van der Waals surface area contributed by atoms with Gasteiger partial charge in [0.25, 0.3) is 5.91 Å². The molecule has 1 atom stereocenters. The van der Waals surface area contributed by atoms with E-state index in [1.165, 1.54) is 0 Å². The Labute approximate surface area is 135 Å². The summed E-state index contributed by atoms with van der Waals surface area (Å²) in [6.45, 7) is 3.93. The van der Waals surface area contributed by atoms with E-state index in [-0.39, 0.29) is 11.9 Å². The third-order valence-corrected chi connectivity index (χ3v) is 4.13. The van der Waals surface area contributed by atoms with Gasteiger partial charge in [-0.05, 0) is 37.6 Å². The fourth-order valence-electron chi connectivity index (χ4n) is 2.67. The van der Waals surface area contributed by atoms with Crippen LogP contribution in [0.3, 0.4) is 0 Å². The number of hydrogen-bond acceptors (Lipinski definition) is 2. The molecule has 1 aromatic carbocycles. The standard InChI is InChI=1S/C18H20N4O/c1-13(20-18(23)16-9-12-21(3)14(16)2)15-7-4-5-8-17(15)22-11-6-10-19-22/h4-13H,1-3H3,(H,20,23). The van der Waals surface area contributed by atoms with Gasteiger partial charge < -0.3 is 9.88 Å². The number of aromatic nitrogens is 3. The number of para-hydroxylation sites is 1. The van der Waals surface area contributed by atoms with Crippen LogP contribution in [0.4, 0.5) is 0 Å². The monoisotopic (exact) mass is 308 g/mol. The van der Waals surface area contributed by atoms with Crippen molar-refractivity contribution in [2.24, 2.45) is 7.05 Å². The minimum absolute atomic E-state index is 0.0640. The molecule has 118 valence electrons. The summed E-state index contributed by atoms with van der Waals surface area (Å²) in [5.41, 5.74) is 3.65. The average molecular weight is 308 g/mol. The quantitative estimate of drug-likeness (QED) is 0.805. The lowest BCUT2D eigenvalue weighted by atomic mass is 10.1. The summed E-state index contributed by atoms with van der Waals surface area (Å²) in [7, 11) is 1.93. The number of amides is 1. The van der Waals surface area contributed by atoms with Crippen LogP contribution in [0.1, 0.15) is 34.6 Å². The molecule has 23 heavy (non-hydrogen) atoms. The maximum atomic E-state index is 12.5. The lowest BCUT2D eigenvalue weighted by molar-refractivity contribution is 0.0939. The van der Waals surface area contributed by atoms with Gasteiger partial charge >= 0.3 is 0 Å². The highest BCUT2D eigenvalue weighted by Gasteiger charge is 2.17. The molecular weight excluding hydrogens is 288 g/mol. The summed E-state index contributed by atoms with van der Waals surface area (Å²) in [5, 5.41) is 7.36. The van der Waals surface area contributed by atoms with E-state index in [1.807, 2.05) is 78.9 Å². The molecule has 1 amide bonds. The van der Waals surface area contributed by atoms with E-state index in [0.29, 0.717) is 5.56 Å². The molecule has 2 heterocycles. The predicted molar refractivity (Wildman–Crippen MR) is 89.6 cm³/mol. The van der Waals surface area contributed by atoms with Gasteiger partial charge in [-0.15, -0.1) is 0 Å². The zero-order chi connectivity index (χ0) is 16.4. The first-order chi connectivity index (χ1) is 11.1. The van der Waals surface area contributed by atoms with E-state index in [2.05, 4.69) is 10.4 Å².